The summed E-state index contributed by atoms with van der Waals surface area (Å²) in [7, 11) is -3.50. The molecule has 0 amide bonds. The third-order valence-corrected chi connectivity index (χ3v) is 6.02. The van der Waals surface area contributed by atoms with E-state index < -0.39 is 24.7 Å². The zero-order chi connectivity index (χ0) is 11.6. The smallest absolute Gasteiger partial charge is 0.193 e. The van der Waals surface area contributed by atoms with Crippen LogP contribution >= 0.6 is 22.6 Å². The maximum Gasteiger partial charge on any atom is 0.193 e. The van der Waals surface area contributed by atoms with E-state index in [4.69, 9.17) is 0 Å². The lowest BCUT2D eigenvalue weighted by Gasteiger charge is -2.07. The van der Waals surface area contributed by atoms with E-state index in [-0.39, 0.29) is 5.56 Å². The molecule has 1 rings (SSSR count). The van der Waals surface area contributed by atoms with Crippen LogP contribution in [0.25, 0.3) is 0 Å². The maximum absolute atomic E-state index is 13.2. The second-order valence-electron chi connectivity index (χ2n) is 2.99. The summed E-state index contributed by atoms with van der Waals surface area (Å²) in [6.45, 7) is 0. The first kappa shape index (κ1) is 12.6. The van der Waals surface area contributed by atoms with E-state index in [9.17, 15) is 17.6 Å². The van der Waals surface area contributed by atoms with E-state index in [0.29, 0.717) is 0 Å². The average Bonchev–Trinajstić information content (AvgIpc) is 2.15. The van der Waals surface area contributed by atoms with Crippen LogP contribution in [0.1, 0.15) is 10.4 Å². The molecule has 0 spiro atoms. The van der Waals surface area contributed by atoms with E-state index in [0.717, 1.165) is 12.3 Å². The summed E-state index contributed by atoms with van der Waals surface area (Å²) in [5.41, 5.74) is -0.192. The molecule has 0 aromatic heterocycles. The second kappa shape index (κ2) is 4.56. The van der Waals surface area contributed by atoms with Gasteiger partial charge in [0.05, 0.1) is 5.56 Å². The summed E-state index contributed by atoms with van der Waals surface area (Å²) in [4.78, 5) is 11.6. The number of ketones is 1. The van der Waals surface area contributed by atoms with Gasteiger partial charge in [-0.2, -0.15) is 0 Å². The molecular weight excluding hydrogens is 334 g/mol. The molecule has 15 heavy (non-hydrogen) atoms. The van der Waals surface area contributed by atoms with Gasteiger partial charge in [-0.15, -0.1) is 0 Å². The van der Waals surface area contributed by atoms with Gasteiger partial charge in [0.2, 0.25) is 0 Å². The molecule has 0 aliphatic carbocycles. The number of sulfone groups is 1. The van der Waals surface area contributed by atoms with Gasteiger partial charge in [-0.05, 0) is 12.1 Å². The molecule has 3 nitrogen and oxygen atoms in total. The van der Waals surface area contributed by atoms with Crippen LogP contribution in [0.4, 0.5) is 4.39 Å². The Bertz CT molecular complexity index is 484. The second-order valence-corrected chi connectivity index (χ2v) is 7.21. The minimum Gasteiger partial charge on any atom is -0.292 e. The predicted molar refractivity (Wildman–Crippen MR) is 63.4 cm³/mol. The first-order valence-electron chi connectivity index (χ1n) is 3.95. The number of Topliss-reactive ketones (excluding diaryl/α,β-unsaturated/α-hetero) is 1. The number of carbonyl (C=O) groups excluding carboxylic acids is 1. The van der Waals surface area contributed by atoms with Crippen LogP contribution < -0.4 is 0 Å². The first-order chi connectivity index (χ1) is 6.84. The molecule has 1 aromatic rings. The number of hydrogen-bond acceptors (Lipinski definition) is 3. The predicted octanol–water partition coefficient (Wildman–Crippen LogP) is 1.81. The van der Waals surface area contributed by atoms with Crippen molar-refractivity contribution >= 4 is 38.2 Å². The Morgan fingerprint density at radius 3 is 2.40 bits per heavy atom. The van der Waals surface area contributed by atoms with Crippen molar-refractivity contribution < 1.29 is 17.6 Å². The molecular formula is C9H8FIO3S. The van der Waals surface area contributed by atoms with Gasteiger partial charge in [-0.3, -0.25) is 4.79 Å². The van der Waals surface area contributed by atoms with E-state index >= 15 is 0 Å². The molecule has 0 saturated carbocycles. The largest absolute Gasteiger partial charge is 0.292 e. The van der Waals surface area contributed by atoms with Crippen LogP contribution in [0.5, 0.6) is 0 Å². The zero-order valence-corrected chi connectivity index (χ0v) is 10.7. The molecule has 0 bridgehead atoms. The van der Waals surface area contributed by atoms with Crippen molar-refractivity contribution in [2.45, 2.75) is 3.26 Å². The number of alkyl halides is 1. The molecule has 6 heteroatoms. The molecule has 82 valence electrons. The molecule has 0 fully saturated rings. The zero-order valence-electron chi connectivity index (χ0n) is 7.78. The Balaban J connectivity index is 3.12. The summed E-state index contributed by atoms with van der Waals surface area (Å²) >= 11 is 1.49. The van der Waals surface area contributed by atoms with Gasteiger partial charge >= 0.3 is 0 Å². The monoisotopic (exact) mass is 342 g/mol. The van der Waals surface area contributed by atoms with Crippen LogP contribution in [0.15, 0.2) is 24.3 Å². The number of benzene rings is 1. The van der Waals surface area contributed by atoms with E-state index in [1.54, 1.807) is 0 Å². The van der Waals surface area contributed by atoms with E-state index in [1.807, 2.05) is 0 Å². The summed E-state index contributed by atoms with van der Waals surface area (Å²) in [5.74, 6) is -1.43. The van der Waals surface area contributed by atoms with Crippen molar-refractivity contribution in [1.29, 1.82) is 0 Å². The van der Waals surface area contributed by atoms with Crippen LogP contribution in [0, 0.1) is 5.82 Å². The Labute approximate surface area is 101 Å². The summed E-state index contributed by atoms with van der Waals surface area (Å²) in [5, 5.41) is 0. The number of hydrogen-bond donors (Lipinski definition) is 0. The van der Waals surface area contributed by atoms with Crippen molar-refractivity contribution in [2.24, 2.45) is 0 Å². The Morgan fingerprint density at radius 1 is 1.40 bits per heavy atom. The molecule has 0 N–H and O–H groups in total. The fraction of sp³-hybridized carbons (Fsp3) is 0.222. The molecule has 0 unspecified atom stereocenters. The molecule has 0 heterocycles. The van der Waals surface area contributed by atoms with Crippen molar-refractivity contribution in [2.75, 3.05) is 6.26 Å². The van der Waals surface area contributed by atoms with Gasteiger partial charge in [0.1, 0.15) is 5.82 Å². The average molecular weight is 342 g/mol. The summed E-state index contributed by atoms with van der Waals surface area (Å²) < 4.78 is 34.1. The Morgan fingerprint density at radius 2 is 1.93 bits per heavy atom. The van der Waals surface area contributed by atoms with E-state index in [1.165, 1.54) is 40.8 Å². The van der Waals surface area contributed by atoms with Gasteiger partial charge in [0, 0.05) is 6.26 Å². The quantitative estimate of drug-likeness (QED) is 0.478. The maximum atomic E-state index is 13.2. The normalized spacial score (nSPS) is 13.5. The minimum absolute atomic E-state index is 0.192. The van der Waals surface area contributed by atoms with Gasteiger partial charge in [0.15, 0.2) is 18.9 Å². The van der Waals surface area contributed by atoms with E-state index in [2.05, 4.69) is 0 Å². The van der Waals surface area contributed by atoms with Gasteiger partial charge in [-0.1, -0.05) is 34.7 Å². The molecule has 0 radical (unpaired) electrons. The molecule has 0 saturated heterocycles. The molecule has 1 atom stereocenters. The third-order valence-electron chi connectivity index (χ3n) is 1.72. The summed E-state index contributed by atoms with van der Waals surface area (Å²) in [6.07, 6.45) is 0.947. The lowest BCUT2D eigenvalue weighted by atomic mass is 10.1. The van der Waals surface area contributed by atoms with Gasteiger partial charge in [-0.25, -0.2) is 12.8 Å². The highest BCUT2D eigenvalue weighted by atomic mass is 127. The molecule has 0 aliphatic rings. The number of rotatable bonds is 3. The van der Waals surface area contributed by atoms with Crippen LogP contribution in [-0.2, 0) is 9.84 Å². The topological polar surface area (TPSA) is 51.2 Å². The highest BCUT2D eigenvalue weighted by Crippen LogP contribution is 2.17. The number of carbonyl (C=O) groups is 1. The standard InChI is InChI=1S/C9H8FIO3S/c1-15(13,14)9(11)8(12)6-4-2-3-5-7(6)10/h2-5,9H,1H3/t9-/m0/s1. The Hall–Kier alpha value is -0.500. The van der Waals surface area contributed by atoms with Crippen LogP contribution in [-0.4, -0.2) is 23.7 Å². The van der Waals surface area contributed by atoms with Gasteiger partial charge in [0.25, 0.3) is 0 Å². The first-order valence-corrected chi connectivity index (χ1v) is 7.15. The molecule has 0 aliphatic heterocycles. The fourth-order valence-electron chi connectivity index (χ4n) is 0.978. The lowest BCUT2D eigenvalue weighted by molar-refractivity contribution is 0.101. The fourth-order valence-corrected chi connectivity index (χ4v) is 1.83. The lowest BCUT2D eigenvalue weighted by Crippen LogP contribution is -2.24. The highest BCUT2D eigenvalue weighted by molar-refractivity contribution is 14.1. The van der Waals surface area contributed by atoms with Crippen LogP contribution in [0.2, 0.25) is 0 Å². The number of halogens is 2. The molecule has 1 aromatic carbocycles. The van der Waals surface area contributed by atoms with Crippen LogP contribution in [0.3, 0.4) is 0 Å². The minimum atomic E-state index is -3.50. The highest BCUT2D eigenvalue weighted by Gasteiger charge is 2.28. The SMILES string of the molecule is CS(=O)(=O)[C@H](I)C(=O)c1ccccc1F. The Kier molecular flexibility index (Phi) is 3.82. The van der Waals surface area contributed by atoms with Gasteiger partial charge < -0.3 is 0 Å². The summed E-state index contributed by atoms with van der Waals surface area (Å²) in [6, 6.07) is 5.32. The third kappa shape index (κ3) is 2.97. The van der Waals surface area contributed by atoms with Crippen molar-refractivity contribution in [3.63, 3.8) is 0 Å². The van der Waals surface area contributed by atoms with Crippen molar-refractivity contribution in [3.05, 3.63) is 35.6 Å². The van der Waals surface area contributed by atoms with Crippen molar-refractivity contribution in [1.82, 2.24) is 0 Å². The van der Waals surface area contributed by atoms with Crippen molar-refractivity contribution in [3.8, 4) is 0 Å².